The molecule has 0 rings (SSSR count). The third-order valence-corrected chi connectivity index (χ3v) is 5.37. The molecule has 3 N–H and O–H groups in total. The monoisotopic (exact) mass is 385 g/mol. The van der Waals surface area contributed by atoms with Crippen LogP contribution in [0.5, 0.6) is 0 Å². The Balaban J connectivity index is 3.50. The van der Waals surface area contributed by atoms with Gasteiger partial charge in [-0.05, 0) is 12.8 Å². The molecule has 162 valence electrons. The number of unbranched alkanes of at least 4 members (excludes halogenated alkanes) is 13. The number of hydrogen-bond acceptors (Lipinski definition) is 3. The van der Waals surface area contributed by atoms with Crippen molar-refractivity contribution >= 4 is 5.91 Å². The quantitative estimate of drug-likeness (QED) is 0.242. The van der Waals surface area contributed by atoms with E-state index in [-0.39, 0.29) is 12.5 Å². The van der Waals surface area contributed by atoms with Crippen LogP contribution in [0, 0.1) is 0 Å². The lowest BCUT2D eigenvalue weighted by Crippen LogP contribution is -2.45. The van der Waals surface area contributed by atoms with Gasteiger partial charge in [0.1, 0.15) is 0 Å². The van der Waals surface area contributed by atoms with Crippen molar-refractivity contribution in [1.29, 1.82) is 0 Å². The van der Waals surface area contributed by atoms with E-state index in [1.165, 1.54) is 70.6 Å². The van der Waals surface area contributed by atoms with Gasteiger partial charge in [0, 0.05) is 6.42 Å². The molecular formula is C23H47NO3. The molecule has 4 heteroatoms. The van der Waals surface area contributed by atoms with Crippen LogP contribution in [0.15, 0.2) is 0 Å². The van der Waals surface area contributed by atoms with Crippen LogP contribution in [0.3, 0.4) is 0 Å². The van der Waals surface area contributed by atoms with Gasteiger partial charge in [0.05, 0.1) is 18.8 Å². The van der Waals surface area contributed by atoms with E-state index in [0.29, 0.717) is 12.8 Å². The summed E-state index contributed by atoms with van der Waals surface area (Å²) in [6, 6.07) is -0.522. The Morgan fingerprint density at radius 1 is 0.741 bits per heavy atom. The van der Waals surface area contributed by atoms with Crippen molar-refractivity contribution in [2.75, 3.05) is 6.61 Å². The first-order chi connectivity index (χ1) is 13.2. The fraction of sp³-hybridized carbons (Fsp3) is 0.957. The smallest absolute Gasteiger partial charge is 0.220 e. The van der Waals surface area contributed by atoms with Gasteiger partial charge in [0.25, 0.3) is 0 Å². The minimum atomic E-state index is -0.645. The van der Waals surface area contributed by atoms with Gasteiger partial charge in [-0.15, -0.1) is 0 Å². The highest BCUT2D eigenvalue weighted by atomic mass is 16.3. The summed E-state index contributed by atoms with van der Waals surface area (Å²) in [5.41, 5.74) is 0. The Kier molecular flexibility index (Phi) is 19.7. The van der Waals surface area contributed by atoms with Gasteiger partial charge in [0.15, 0.2) is 0 Å². The van der Waals surface area contributed by atoms with Crippen molar-refractivity contribution in [3.63, 3.8) is 0 Å². The van der Waals surface area contributed by atoms with E-state index in [1.807, 2.05) is 6.92 Å². The number of rotatable bonds is 20. The van der Waals surface area contributed by atoms with Gasteiger partial charge < -0.3 is 15.5 Å². The van der Waals surface area contributed by atoms with E-state index in [1.54, 1.807) is 0 Å². The minimum absolute atomic E-state index is 0.0692. The van der Waals surface area contributed by atoms with Gasteiger partial charge in [-0.25, -0.2) is 0 Å². The molecule has 4 nitrogen and oxygen atoms in total. The highest BCUT2D eigenvalue weighted by molar-refractivity contribution is 5.76. The number of hydrogen-bond donors (Lipinski definition) is 3. The van der Waals surface area contributed by atoms with Gasteiger partial charge in [-0.2, -0.15) is 0 Å². The normalized spacial score (nSPS) is 13.5. The maximum atomic E-state index is 11.7. The Morgan fingerprint density at radius 3 is 1.63 bits per heavy atom. The maximum Gasteiger partial charge on any atom is 0.220 e. The van der Waals surface area contributed by atoms with E-state index >= 15 is 0 Å². The molecule has 27 heavy (non-hydrogen) atoms. The second-order valence-corrected chi connectivity index (χ2v) is 8.06. The zero-order chi connectivity index (χ0) is 20.2. The van der Waals surface area contributed by atoms with Gasteiger partial charge in [-0.1, -0.05) is 104 Å². The second-order valence-electron chi connectivity index (χ2n) is 8.06. The van der Waals surface area contributed by atoms with Crippen LogP contribution in [0.2, 0.25) is 0 Å². The molecule has 2 unspecified atom stereocenters. The first-order valence-corrected chi connectivity index (χ1v) is 11.7. The summed E-state index contributed by atoms with van der Waals surface area (Å²) in [7, 11) is 0. The van der Waals surface area contributed by atoms with Crippen molar-refractivity contribution in [2.45, 2.75) is 135 Å². The van der Waals surface area contributed by atoms with Crippen LogP contribution in [-0.4, -0.2) is 34.9 Å². The fourth-order valence-electron chi connectivity index (χ4n) is 3.45. The summed E-state index contributed by atoms with van der Waals surface area (Å²) < 4.78 is 0. The molecule has 0 aromatic heterocycles. The molecule has 0 saturated heterocycles. The summed E-state index contributed by atoms with van der Waals surface area (Å²) in [4.78, 5) is 11.7. The Morgan fingerprint density at radius 2 is 1.19 bits per heavy atom. The molecule has 0 spiro atoms. The van der Waals surface area contributed by atoms with Crippen LogP contribution in [0.25, 0.3) is 0 Å². The number of aliphatic hydroxyl groups is 2. The SMILES string of the molecule is CCCCCCCCCCCCCCCC(O)C(CO)NC(=O)CCCC. The number of carbonyl (C=O) groups is 1. The van der Waals surface area contributed by atoms with Crippen molar-refractivity contribution < 1.29 is 15.0 Å². The van der Waals surface area contributed by atoms with E-state index < -0.39 is 12.1 Å². The molecular weight excluding hydrogens is 338 g/mol. The zero-order valence-electron chi connectivity index (χ0n) is 18.2. The Bertz CT molecular complexity index is 323. The predicted molar refractivity (Wildman–Crippen MR) is 115 cm³/mol. The number of nitrogens with one attached hydrogen (secondary N) is 1. The molecule has 0 aliphatic heterocycles. The van der Waals surface area contributed by atoms with Crippen molar-refractivity contribution in [2.24, 2.45) is 0 Å². The molecule has 0 aromatic carbocycles. The first kappa shape index (κ1) is 26.4. The molecule has 1 amide bonds. The van der Waals surface area contributed by atoms with Crippen LogP contribution in [0.4, 0.5) is 0 Å². The van der Waals surface area contributed by atoms with Crippen LogP contribution in [-0.2, 0) is 4.79 Å². The lowest BCUT2D eigenvalue weighted by Gasteiger charge is -2.22. The van der Waals surface area contributed by atoms with Crippen molar-refractivity contribution in [1.82, 2.24) is 5.32 Å². The van der Waals surface area contributed by atoms with E-state index in [2.05, 4.69) is 12.2 Å². The van der Waals surface area contributed by atoms with E-state index in [9.17, 15) is 15.0 Å². The van der Waals surface area contributed by atoms with Gasteiger partial charge in [0.2, 0.25) is 5.91 Å². The molecule has 0 radical (unpaired) electrons. The predicted octanol–water partition coefficient (Wildman–Crippen LogP) is 5.50. The number of amides is 1. The minimum Gasteiger partial charge on any atom is -0.394 e. The lowest BCUT2D eigenvalue weighted by molar-refractivity contribution is -0.123. The molecule has 0 aromatic rings. The summed E-state index contributed by atoms with van der Waals surface area (Å²) in [6.45, 7) is 4.11. The number of aliphatic hydroxyl groups excluding tert-OH is 2. The molecule has 0 heterocycles. The summed E-state index contributed by atoms with van der Waals surface area (Å²) in [6.07, 6.45) is 19.2. The fourth-order valence-corrected chi connectivity index (χ4v) is 3.45. The molecule has 0 aliphatic carbocycles. The highest BCUT2D eigenvalue weighted by Crippen LogP contribution is 2.14. The van der Waals surface area contributed by atoms with Crippen LogP contribution >= 0.6 is 0 Å². The highest BCUT2D eigenvalue weighted by Gasteiger charge is 2.19. The third-order valence-electron chi connectivity index (χ3n) is 5.37. The first-order valence-electron chi connectivity index (χ1n) is 11.7. The molecule has 2 atom stereocenters. The maximum absolute atomic E-state index is 11.7. The Labute approximate surface area is 168 Å². The van der Waals surface area contributed by atoms with Crippen LogP contribution < -0.4 is 5.32 Å². The standard InChI is InChI=1S/C23H47NO3/c1-3-5-7-8-9-10-11-12-13-14-15-16-17-18-22(26)21(20-25)24-23(27)19-6-4-2/h21-22,25-26H,3-20H2,1-2H3,(H,24,27). The van der Waals surface area contributed by atoms with E-state index in [4.69, 9.17) is 0 Å². The lowest BCUT2D eigenvalue weighted by atomic mass is 10.0. The van der Waals surface area contributed by atoms with Crippen molar-refractivity contribution in [3.8, 4) is 0 Å². The topological polar surface area (TPSA) is 69.6 Å². The molecule has 0 saturated carbocycles. The van der Waals surface area contributed by atoms with Crippen LogP contribution in [0.1, 0.15) is 123 Å². The summed E-state index contributed by atoms with van der Waals surface area (Å²) >= 11 is 0. The van der Waals surface area contributed by atoms with Gasteiger partial charge >= 0.3 is 0 Å². The van der Waals surface area contributed by atoms with Gasteiger partial charge in [-0.3, -0.25) is 4.79 Å². The average Bonchev–Trinajstić information content (AvgIpc) is 2.67. The third kappa shape index (κ3) is 17.2. The summed E-state index contributed by atoms with van der Waals surface area (Å²) in [5.74, 6) is -0.0692. The molecule has 0 fully saturated rings. The molecule has 0 bridgehead atoms. The largest absolute Gasteiger partial charge is 0.394 e. The van der Waals surface area contributed by atoms with Crippen molar-refractivity contribution in [3.05, 3.63) is 0 Å². The molecule has 0 aliphatic rings. The Hall–Kier alpha value is -0.610. The van der Waals surface area contributed by atoms with E-state index in [0.717, 1.165) is 25.7 Å². The average molecular weight is 386 g/mol. The second kappa shape index (κ2) is 20.1. The summed E-state index contributed by atoms with van der Waals surface area (Å²) in [5, 5.41) is 22.3. The zero-order valence-corrected chi connectivity index (χ0v) is 18.2. The number of carbonyl (C=O) groups excluding carboxylic acids is 1.